The second-order valence-corrected chi connectivity index (χ2v) is 2.23. The van der Waals surface area contributed by atoms with Crippen molar-refractivity contribution in [3.63, 3.8) is 0 Å². The number of hydrogen-bond donors (Lipinski definition) is 0. The first-order valence-corrected chi connectivity index (χ1v) is 3.25. The number of allylic oxidation sites excluding steroid dienone is 1. The molecule has 1 aromatic rings. The third-order valence-electron chi connectivity index (χ3n) is 1.21. The largest absolute Gasteiger partial charge is 0.531 e. The monoisotopic (exact) mass is 176 g/mol. The molecular formula is C5H6BF3N3-. The van der Waals surface area contributed by atoms with Crippen LogP contribution in [0.3, 0.4) is 0 Å². The van der Waals surface area contributed by atoms with E-state index >= 15 is 0 Å². The lowest BCUT2D eigenvalue weighted by atomic mass is 9.87. The maximum absolute atomic E-state index is 12.0. The highest BCUT2D eigenvalue weighted by atomic mass is 19.4. The van der Waals surface area contributed by atoms with Crippen LogP contribution in [0.4, 0.5) is 12.9 Å². The summed E-state index contributed by atoms with van der Waals surface area (Å²) in [5.74, 6) is 0. The lowest BCUT2D eigenvalue weighted by Gasteiger charge is -2.07. The van der Waals surface area contributed by atoms with Crippen LogP contribution in [-0.4, -0.2) is 22.0 Å². The van der Waals surface area contributed by atoms with Crippen LogP contribution in [0.1, 0.15) is 0 Å². The number of nitrogens with zero attached hydrogens (tertiary/aromatic N) is 3. The Labute approximate surface area is 66.9 Å². The maximum atomic E-state index is 12.0. The molecule has 0 saturated carbocycles. The topological polar surface area (TPSA) is 30.7 Å². The van der Waals surface area contributed by atoms with E-state index in [2.05, 4.69) is 16.9 Å². The van der Waals surface area contributed by atoms with Gasteiger partial charge in [-0.1, -0.05) is 11.3 Å². The normalized spacial score (nSPS) is 11.6. The van der Waals surface area contributed by atoms with Gasteiger partial charge in [0.05, 0.1) is 6.54 Å². The zero-order valence-corrected chi connectivity index (χ0v) is 6.12. The zero-order valence-electron chi connectivity index (χ0n) is 6.12. The van der Waals surface area contributed by atoms with Crippen molar-refractivity contribution in [1.82, 2.24) is 15.0 Å². The van der Waals surface area contributed by atoms with Crippen LogP contribution in [0.5, 0.6) is 0 Å². The molecule has 0 spiro atoms. The fourth-order valence-corrected chi connectivity index (χ4v) is 0.685. The molecule has 0 aromatic carbocycles. The Morgan fingerprint density at radius 2 is 2.25 bits per heavy atom. The minimum atomic E-state index is -5.03. The van der Waals surface area contributed by atoms with Crippen molar-refractivity contribution in [3.05, 3.63) is 18.9 Å². The Kier molecular flexibility index (Phi) is 2.21. The minimum Gasteiger partial charge on any atom is -0.444 e. The summed E-state index contributed by atoms with van der Waals surface area (Å²) in [6.45, 7) is -1.43. The molecular weight excluding hydrogens is 170 g/mol. The predicted molar refractivity (Wildman–Crippen MR) is 38.9 cm³/mol. The Morgan fingerprint density at radius 1 is 1.58 bits per heavy atom. The highest BCUT2D eigenvalue weighted by molar-refractivity contribution is 6.72. The smallest absolute Gasteiger partial charge is 0.444 e. The third kappa shape index (κ3) is 1.87. The van der Waals surface area contributed by atoms with Crippen molar-refractivity contribution in [2.75, 3.05) is 0 Å². The highest BCUT2D eigenvalue weighted by Gasteiger charge is 2.29. The van der Waals surface area contributed by atoms with Gasteiger partial charge in [-0.25, -0.2) is 0 Å². The summed E-state index contributed by atoms with van der Waals surface area (Å²) in [5, 5.41) is 6.24. The summed E-state index contributed by atoms with van der Waals surface area (Å²) >= 11 is 0. The molecule has 0 aliphatic heterocycles. The van der Waals surface area contributed by atoms with Crippen LogP contribution >= 0.6 is 0 Å². The quantitative estimate of drug-likeness (QED) is 0.496. The molecule has 0 N–H and O–H groups in total. The Morgan fingerprint density at radius 3 is 2.67 bits per heavy atom. The average molecular weight is 176 g/mol. The van der Waals surface area contributed by atoms with E-state index in [-0.39, 0.29) is 6.54 Å². The van der Waals surface area contributed by atoms with E-state index in [1.807, 2.05) is 0 Å². The van der Waals surface area contributed by atoms with Crippen molar-refractivity contribution in [1.29, 1.82) is 0 Å². The molecule has 1 heterocycles. The Balaban J connectivity index is 2.84. The summed E-state index contributed by atoms with van der Waals surface area (Å²) in [6, 6.07) is 0. The van der Waals surface area contributed by atoms with Gasteiger partial charge in [0.25, 0.3) is 0 Å². The molecule has 12 heavy (non-hydrogen) atoms. The standard InChI is InChI=1S/C5H6BF3N3/c1-2-3-12-4-5(10-11-12)6(7,8)9/h2,4H,1,3H2/q-1. The molecule has 0 fully saturated rings. The molecule has 3 nitrogen and oxygen atoms in total. The van der Waals surface area contributed by atoms with Crippen LogP contribution in [0, 0.1) is 0 Å². The van der Waals surface area contributed by atoms with E-state index in [4.69, 9.17) is 0 Å². The van der Waals surface area contributed by atoms with Crippen molar-refractivity contribution < 1.29 is 12.9 Å². The van der Waals surface area contributed by atoms with Gasteiger partial charge in [0.1, 0.15) is 0 Å². The third-order valence-corrected chi connectivity index (χ3v) is 1.21. The summed E-state index contributed by atoms with van der Waals surface area (Å²) in [6.07, 6.45) is 2.31. The van der Waals surface area contributed by atoms with Crippen LogP contribution < -0.4 is 5.59 Å². The average Bonchev–Trinajstić information content (AvgIpc) is 2.35. The molecule has 0 radical (unpaired) electrons. The van der Waals surface area contributed by atoms with Crippen LogP contribution in [0.25, 0.3) is 0 Å². The van der Waals surface area contributed by atoms with Gasteiger partial charge in [0.2, 0.25) is 0 Å². The van der Waals surface area contributed by atoms with Gasteiger partial charge in [-0.2, -0.15) is 5.10 Å². The number of aromatic nitrogens is 3. The van der Waals surface area contributed by atoms with Crippen LogP contribution in [0.15, 0.2) is 18.9 Å². The molecule has 7 heteroatoms. The first kappa shape index (κ1) is 8.83. The molecule has 0 bridgehead atoms. The second-order valence-electron chi connectivity index (χ2n) is 2.23. The van der Waals surface area contributed by atoms with Crippen molar-refractivity contribution in [2.24, 2.45) is 0 Å². The van der Waals surface area contributed by atoms with Crippen molar-refractivity contribution >= 4 is 12.6 Å². The molecule has 1 aromatic heterocycles. The van der Waals surface area contributed by atoms with Crippen LogP contribution in [0.2, 0.25) is 0 Å². The first-order chi connectivity index (χ1) is 5.54. The number of halogens is 3. The van der Waals surface area contributed by atoms with E-state index in [0.717, 1.165) is 10.9 Å². The van der Waals surface area contributed by atoms with Gasteiger partial charge < -0.3 is 12.9 Å². The lowest BCUT2D eigenvalue weighted by Crippen LogP contribution is -2.35. The van der Waals surface area contributed by atoms with Gasteiger partial charge in [-0.15, -0.1) is 6.58 Å². The fraction of sp³-hybridized carbons (Fsp3) is 0.200. The summed E-state index contributed by atoms with van der Waals surface area (Å²) in [4.78, 5) is 0. The lowest BCUT2D eigenvalue weighted by molar-refractivity contribution is 0.498. The first-order valence-electron chi connectivity index (χ1n) is 3.25. The summed E-state index contributed by atoms with van der Waals surface area (Å²) in [7, 11) is 0. The number of hydrogen-bond acceptors (Lipinski definition) is 2. The van der Waals surface area contributed by atoms with E-state index in [0.29, 0.717) is 0 Å². The summed E-state index contributed by atoms with van der Waals surface area (Å²) < 4.78 is 37.0. The van der Waals surface area contributed by atoms with Gasteiger partial charge in [-0.3, -0.25) is 4.68 Å². The van der Waals surface area contributed by atoms with Gasteiger partial charge in [0.15, 0.2) is 0 Å². The highest BCUT2D eigenvalue weighted by Crippen LogP contribution is 2.05. The van der Waals surface area contributed by atoms with Crippen LogP contribution in [-0.2, 0) is 6.54 Å². The zero-order chi connectivity index (χ0) is 9.19. The van der Waals surface area contributed by atoms with Crippen molar-refractivity contribution in [3.8, 4) is 0 Å². The van der Waals surface area contributed by atoms with Gasteiger partial charge >= 0.3 is 6.98 Å². The molecule has 0 aliphatic rings. The van der Waals surface area contributed by atoms with Gasteiger partial charge in [0, 0.05) is 11.8 Å². The van der Waals surface area contributed by atoms with E-state index in [1.165, 1.54) is 6.08 Å². The second kappa shape index (κ2) is 3.00. The molecule has 0 unspecified atom stereocenters. The van der Waals surface area contributed by atoms with E-state index in [1.54, 1.807) is 0 Å². The van der Waals surface area contributed by atoms with E-state index < -0.39 is 12.6 Å². The maximum Gasteiger partial charge on any atom is 0.531 e. The molecule has 1 rings (SSSR count). The Bertz CT molecular complexity index is 280. The molecule has 66 valence electrons. The van der Waals surface area contributed by atoms with Crippen molar-refractivity contribution in [2.45, 2.75) is 6.54 Å². The predicted octanol–water partition coefficient (Wildman–Crippen LogP) is 0.518. The SMILES string of the molecule is C=CCn1cc([B-](F)(F)F)nn1. The number of rotatable bonds is 3. The van der Waals surface area contributed by atoms with Gasteiger partial charge in [-0.05, 0) is 0 Å². The molecule has 0 saturated heterocycles. The fourth-order valence-electron chi connectivity index (χ4n) is 0.685. The molecule has 0 atom stereocenters. The molecule has 0 amide bonds. The minimum absolute atomic E-state index is 0.235. The van der Waals surface area contributed by atoms with E-state index in [9.17, 15) is 12.9 Å². The molecule has 0 aliphatic carbocycles. The summed E-state index contributed by atoms with van der Waals surface area (Å²) in [5.41, 5.74) is -0.920. The Hall–Kier alpha value is -1.27.